The van der Waals surface area contributed by atoms with Gasteiger partial charge in [0.1, 0.15) is 12.4 Å². The third kappa shape index (κ3) is 3.31. The number of carbonyl (C=O) groups excluding carboxylic acids is 1. The first-order valence-corrected chi connectivity index (χ1v) is 9.20. The molecule has 4 nitrogen and oxygen atoms in total. The van der Waals surface area contributed by atoms with E-state index in [2.05, 4.69) is 15.9 Å². The first kappa shape index (κ1) is 16.0. The molecular weight excluding hydrogens is 324 g/mol. The van der Waals surface area contributed by atoms with Crippen LogP contribution in [-0.2, 0) is 4.79 Å². The van der Waals surface area contributed by atoms with E-state index in [1.54, 1.807) is 0 Å². The zero-order chi connectivity index (χ0) is 16.5. The molecule has 2 fully saturated rings. The lowest BCUT2D eigenvalue weighted by Gasteiger charge is -2.38. The lowest BCUT2D eigenvalue weighted by molar-refractivity contribution is -0.130. The Morgan fingerprint density at radius 1 is 1.25 bits per heavy atom. The number of likely N-dealkylation sites (tertiary alicyclic amines) is 2. The summed E-state index contributed by atoms with van der Waals surface area (Å²) in [6.45, 7) is 4.56. The number of hydrogen-bond acceptors (Lipinski definition) is 3. The molecule has 0 aromatic heterocycles. The number of halogens is 1. The summed E-state index contributed by atoms with van der Waals surface area (Å²) in [5.41, 5.74) is 2.34. The maximum absolute atomic E-state index is 12.0. The van der Waals surface area contributed by atoms with Gasteiger partial charge in [0, 0.05) is 42.7 Å². The summed E-state index contributed by atoms with van der Waals surface area (Å²) >= 11 is 6.09. The van der Waals surface area contributed by atoms with Crippen LogP contribution in [0, 0.1) is 0 Å². The SMILES string of the molecule is O=C1CCCN1[C@H]1CCCN(CC2=Cc3cc(Cl)ccc3OC2)C1. The van der Waals surface area contributed by atoms with E-state index < -0.39 is 0 Å². The van der Waals surface area contributed by atoms with Gasteiger partial charge in [-0.2, -0.15) is 0 Å². The predicted octanol–water partition coefficient (Wildman–Crippen LogP) is 3.20. The first-order chi connectivity index (χ1) is 11.7. The van der Waals surface area contributed by atoms with Crippen molar-refractivity contribution in [3.63, 3.8) is 0 Å². The number of rotatable bonds is 3. The number of benzene rings is 1. The summed E-state index contributed by atoms with van der Waals surface area (Å²) in [6.07, 6.45) is 6.25. The average molecular weight is 347 g/mol. The molecule has 24 heavy (non-hydrogen) atoms. The van der Waals surface area contributed by atoms with Crippen LogP contribution < -0.4 is 4.74 Å². The Morgan fingerprint density at radius 2 is 2.17 bits per heavy atom. The molecule has 3 aliphatic rings. The molecular formula is C19H23ClN2O2. The monoisotopic (exact) mass is 346 g/mol. The highest BCUT2D eigenvalue weighted by molar-refractivity contribution is 6.30. The van der Waals surface area contributed by atoms with Crippen LogP contribution >= 0.6 is 11.6 Å². The van der Waals surface area contributed by atoms with Crippen LogP contribution in [0.3, 0.4) is 0 Å². The zero-order valence-electron chi connectivity index (χ0n) is 13.8. The zero-order valence-corrected chi connectivity index (χ0v) is 14.6. The van der Waals surface area contributed by atoms with Crippen molar-refractivity contribution in [3.05, 3.63) is 34.4 Å². The Kier molecular flexibility index (Phi) is 4.51. The molecule has 0 spiro atoms. The molecule has 0 saturated carbocycles. The quantitative estimate of drug-likeness (QED) is 0.842. The van der Waals surface area contributed by atoms with Crippen LogP contribution in [0.1, 0.15) is 31.2 Å². The third-order valence-electron chi connectivity index (χ3n) is 5.20. The van der Waals surface area contributed by atoms with Gasteiger partial charge in [-0.25, -0.2) is 0 Å². The highest BCUT2D eigenvalue weighted by Gasteiger charge is 2.31. The molecule has 1 aromatic carbocycles. The van der Waals surface area contributed by atoms with E-state index >= 15 is 0 Å². The van der Waals surface area contributed by atoms with Crippen LogP contribution in [-0.4, -0.2) is 54.5 Å². The van der Waals surface area contributed by atoms with Crippen molar-refractivity contribution in [1.82, 2.24) is 9.80 Å². The van der Waals surface area contributed by atoms with E-state index in [1.807, 2.05) is 18.2 Å². The Labute approximate surface area is 148 Å². The Balaban J connectivity index is 1.42. The maximum Gasteiger partial charge on any atom is 0.222 e. The lowest BCUT2D eigenvalue weighted by atomic mass is 10.0. The van der Waals surface area contributed by atoms with Gasteiger partial charge >= 0.3 is 0 Å². The molecule has 3 aliphatic heterocycles. The molecule has 0 unspecified atom stereocenters. The largest absolute Gasteiger partial charge is 0.489 e. The average Bonchev–Trinajstić information content (AvgIpc) is 3.01. The summed E-state index contributed by atoms with van der Waals surface area (Å²) in [4.78, 5) is 16.6. The van der Waals surface area contributed by atoms with E-state index in [0.29, 0.717) is 18.6 Å². The van der Waals surface area contributed by atoms with Crippen molar-refractivity contribution in [3.8, 4) is 5.75 Å². The van der Waals surface area contributed by atoms with Gasteiger partial charge in [0.25, 0.3) is 0 Å². The van der Waals surface area contributed by atoms with E-state index in [4.69, 9.17) is 16.3 Å². The fraction of sp³-hybridized carbons (Fsp3) is 0.526. The molecule has 5 heteroatoms. The second-order valence-electron chi connectivity index (χ2n) is 7.00. The second-order valence-corrected chi connectivity index (χ2v) is 7.43. The Hall–Kier alpha value is -1.52. The predicted molar refractivity (Wildman–Crippen MR) is 95.3 cm³/mol. The number of amides is 1. The molecule has 1 atom stereocenters. The van der Waals surface area contributed by atoms with Crippen molar-refractivity contribution >= 4 is 23.6 Å². The number of fused-ring (bicyclic) bond motifs is 1. The number of nitrogens with zero attached hydrogens (tertiary/aromatic N) is 2. The van der Waals surface area contributed by atoms with Gasteiger partial charge in [0.15, 0.2) is 0 Å². The molecule has 4 rings (SSSR count). The third-order valence-corrected chi connectivity index (χ3v) is 5.44. The molecule has 0 bridgehead atoms. The summed E-state index contributed by atoms with van der Waals surface area (Å²) in [6, 6.07) is 6.14. The number of hydrogen-bond donors (Lipinski definition) is 0. The minimum absolute atomic E-state index is 0.339. The lowest BCUT2D eigenvalue weighted by Crippen LogP contribution is -2.49. The van der Waals surface area contributed by atoms with Crippen molar-refractivity contribution in [2.75, 3.05) is 32.8 Å². The highest BCUT2D eigenvalue weighted by Crippen LogP contribution is 2.30. The van der Waals surface area contributed by atoms with Crippen LogP contribution in [0.15, 0.2) is 23.8 Å². The molecule has 3 heterocycles. The minimum atomic E-state index is 0.339. The van der Waals surface area contributed by atoms with Gasteiger partial charge < -0.3 is 9.64 Å². The van der Waals surface area contributed by atoms with Crippen molar-refractivity contribution in [1.29, 1.82) is 0 Å². The topological polar surface area (TPSA) is 32.8 Å². The molecule has 0 radical (unpaired) electrons. The van der Waals surface area contributed by atoms with Crippen LogP contribution in [0.25, 0.3) is 6.08 Å². The standard InChI is InChI=1S/C19H23ClN2O2/c20-16-5-6-18-15(10-16)9-14(13-24-18)11-21-7-1-3-17(12-21)22-8-2-4-19(22)23/h5-6,9-10,17H,1-4,7-8,11-13H2/t17-/m0/s1. The van der Waals surface area contributed by atoms with Crippen molar-refractivity contribution in [2.45, 2.75) is 31.7 Å². The Bertz CT molecular complexity index is 673. The number of carbonyl (C=O) groups is 1. The van der Waals surface area contributed by atoms with E-state index in [9.17, 15) is 4.79 Å². The number of piperidine rings is 1. The van der Waals surface area contributed by atoms with Gasteiger partial charge in [-0.1, -0.05) is 11.6 Å². The second kappa shape index (κ2) is 6.77. The van der Waals surface area contributed by atoms with Gasteiger partial charge in [-0.3, -0.25) is 9.69 Å². The van der Waals surface area contributed by atoms with Crippen LogP contribution in [0.5, 0.6) is 5.75 Å². The maximum atomic E-state index is 12.0. The fourth-order valence-electron chi connectivity index (χ4n) is 4.06. The molecule has 1 aromatic rings. The first-order valence-electron chi connectivity index (χ1n) is 8.83. The van der Waals surface area contributed by atoms with Crippen LogP contribution in [0.2, 0.25) is 5.02 Å². The fourth-order valence-corrected chi connectivity index (χ4v) is 4.24. The van der Waals surface area contributed by atoms with E-state index in [1.165, 1.54) is 5.57 Å². The van der Waals surface area contributed by atoms with Crippen molar-refractivity contribution in [2.24, 2.45) is 0 Å². The van der Waals surface area contributed by atoms with E-state index in [-0.39, 0.29) is 0 Å². The molecule has 0 N–H and O–H groups in total. The van der Waals surface area contributed by atoms with Crippen LogP contribution in [0.4, 0.5) is 0 Å². The molecule has 0 aliphatic carbocycles. The smallest absolute Gasteiger partial charge is 0.222 e. The summed E-state index contributed by atoms with van der Waals surface area (Å²) in [5.74, 6) is 1.24. The molecule has 1 amide bonds. The van der Waals surface area contributed by atoms with Gasteiger partial charge in [0.05, 0.1) is 0 Å². The Morgan fingerprint density at radius 3 is 3.00 bits per heavy atom. The summed E-state index contributed by atoms with van der Waals surface area (Å²) in [5, 5.41) is 0.737. The number of ether oxygens (including phenoxy) is 1. The van der Waals surface area contributed by atoms with Gasteiger partial charge in [-0.15, -0.1) is 0 Å². The highest BCUT2D eigenvalue weighted by atomic mass is 35.5. The van der Waals surface area contributed by atoms with Gasteiger partial charge in [0.2, 0.25) is 5.91 Å². The molecule has 2 saturated heterocycles. The summed E-state index contributed by atoms with van der Waals surface area (Å²) < 4.78 is 5.86. The molecule has 128 valence electrons. The summed E-state index contributed by atoms with van der Waals surface area (Å²) in [7, 11) is 0. The van der Waals surface area contributed by atoms with Crippen molar-refractivity contribution < 1.29 is 9.53 Å². The normalized spacial score (nSPS) is 24.5. The van der Waals surface area contributed by atoms with E-state index in [0.717, 1.165) is 68.2 Å². The van der Waals surface area contributed by atoms with Gasteiger partial charge in [-0.05, 0) is 55.7 Å². The minimum Gasteiger partial charge on any atom is -0.489 e.